The van der Waals surface area contributed by atoms with Crippen LogP contribution in [0.4, 0.5) is 0 Å². The normalized spacial score (nSPS) is 22.8. The molecule has 124 valence electrons. The van der Waals surface area contributed by atoms with Gasteiger partial charge in [0.1, 0.15) is 6.04 Å². The Balaban J connectivity index is 1.76. The van der Waals surface area contributed by atoms with E-state index in [1.165, 1.54) is 0 Å². The summed E-state index contributed by atoms with van der Waals surface area (Å²) < 4.78 is 0. The van der Waals surface area contributed by atoms with Crippen LogP contribution in [0.2, 0.25) is 0 Å². The van der Waals surface area contributed by atoms with Crippen molar-refractivity contribution in [2.75, 3.05) is 13.1 Å². The summed E-state index contributed by atoms with van der Waals surface area (Å²) in [4.78, 5) is 37.5. The van der Waals surface area contributed by atoms with Gasteiger partial charge in [-0.05, 0) is 32.1 Å². The molecular formula is C16H27N3O3. The summed E-state index contributed by atoms with van der Waals surface area (Å²) in [5.41, 5.74) is 0. The molecule has 2 rings (SSSR count). The Morgan fingerprint density at radius 2 is 1.86 bits per heavy atom. The highest BCUT2D eigenvalue weighted by Gasteiger charge is 2.31. The van der Waals surface area contributed by atoms with Gasteiger partial charge in [0.25, 0.3) is 0 Å². The first-order valence-electron chi connectivity index (χ1n) is 8.43. The summed E-state index contributed by atoms with van der Waals surface area (Å²) >= 11 is 0. The predicted molar refractivity (Wildman–Crippen MR) is 83.0 cm³/mol. The lowest BCUT2D eigenvalue weighted by molar-refractivity contribution is -0.137. The second kappa shape index (κ2) is 7.61. The Hall–Kier alpha value is -1.59. The molecule has 0 spiro atoms. The molecule has 2 heterocycles. The quantitative estimate of drug-likeness (QED) is 0.789. The lowest BCUT2D eigenvalue weighted by Crippen LogP contribution is -2.51. The molecule has 6 heteroatoms. The van der Waals surface area contributed by atoms with E-state index in [2.05, 4.69) is 24.5 Å². The van der Waals surface area contributed by atoms with Crippen LogP contribution in [0, 0.1) is 5.92 Å². The van der Waals surface area contributed by atoms with Gasteiger partial charge in [-0.25, -0.2) is 0 Å². The summed E-state index contributed by atoms with van der Waals surface area (Å²) in [7, 11) is 0. The Kier molecular flexibility index (Phi) is 5.80. The molecule has 0 aromatic carbocycles. The third kappa shape index (κ3) is 3.99. The van der Waals surface area contributed by atoms with Gasteiger partial charge in [-0.1, -0.05) is 13.8 Å². The lowest BCUT2D eigenvalue weighted by Gasteiger charge is -2.34. The number of piperidine rings is 1. The molecule has 2 N–H and O–H groups in total. The fraction of sp³-hybridized carbons (Fsp3) is 0.812. The summed E-state index contributed by atoms with van der Waals surface area (Å²) in [6, 6.07) is -0.271. The highest BCUT2D eigenvalue weighted by atomic mass is 16.2. The molecule has 0 saturated carbocycles. The van der Waals surface area contributed by atoms with E-state index in [-0.39, 0.29) is 35.7 Å². The highest BCUT2D eigenvalue weighted by Crippen LogP contribution is 2.17. The van der Waals surface area contributed by atoms with Crippen LogP contribution >= 0.6 is 0 Å². The van der Waals surface area contributed by atoms with Crippen LogP contribution in [0.15, 0.2) is 0 Å². The Bertz CT molecular complexity index is 426. The first kappa shape index (κ1) is 16.8. The molecule has 6 nitrogen and oxygen atoms in total. The van der Waals surface area contributed by atoms with E-state index in [1.807, 2.05) is 4.90 Å². The Labute approximate surface area is 132 Å². The zero-order valence-electron chi connectivity index (χ0n) is 13.6. The third-order valence-corrected chi connectivity index (χ3v) is 4.80. The number of hydrogen-bond donors (Lipinski definition) is 2. The maximum Gasteiger partial charge on any atom is 0.242 e. The second-order valence-corrected chi connectivity index (χ2v) is 6.28. The topological polar surface area (TPSA) is 78.5 Å². The van der Waals surface area contributed by atoms with Crippen molar-refractivity contribution in [2.45, 2.75) is 64.5 Å². The van der Waals surface area contributed by atoms with Gasteiger partial charge in [0.05, 0.1) is 0 Å². The summed E-state index contributed by atoms with van der Waals surface area (Å²) in [5.74, 6) is 0.235. The Morgan fingerprint density at radius 1 is 1.23 bits per heavy atom. The summed E-state index contributed by atoms with van der Waals surface area (Å²) in [6.07, 6.45) is 4.36. The molecule has 22 heavy (non-hydrogen) atoms. The summed E-state index contributed by atoms with van der Waals surface area (Å²) in [5, 5.41) is 5.69. The number of hydrogen-bond acceptors (Lipinski definition) is 3. The van der Waals surface area contributed by atoms with Crippen molar-refractivity contribution >= 4 is 17.7 Å². The minimum atomic E-state index is -0.378. The van der Waals surface area contributed by atoms with E-state index in [9.17, 15) is 14.4 Å². The molecule has 1 atom stereocenters. The SMILES string of the molecule is CCC(CC)C(=O)N1CCC(NC(=O)C2CCC(=O)N2)CC1. The monoisotopic (exact) mass is 309 g/mol. The average Bonchev–Trinajstić information content (AvgIpc) is 2.96. The van der Waals surface area contributed by atoms with Crippen LogP contribution < -0.4 is 10.6 Å². The molecule has 2 aliphatic rings. The molecule has 0 bridgehead atoms. The third-order valence-electron chi connectivity index (χ3n) is 4.80. The van der Waals surface area contributed by atoms with Crippen LogP contribution in [-0.4, -0.2) is 47.8 Å². The molecular weight excluding hydrogens is 282 g/mol. The van der Waals surface area contributed by atoms with Crippen molar-refractivity contribution in [3.8, 4) is 0 Å². The number of nitrogens with one attached hydrogen (secondary N) is 2. The minimum absolute atomic E-state index is 0.0502. The molecule has 0 radical (unpaired) electrons. The van der Waals surface area contributed by atoms with Gasteiger partial charge in [-0.3, -0.25) is 14.4 Å². The van der Waals surface area contributed by atoms with Crippen molar-refractivity contribution < 1.29 is 14.4 Å². The van der Waals surface area contributed by atoms with Gasteiger partial charge in [0.2, 0.25) is 17.7 Å². The first-order chi connectivity index (χ1) is 10.5. The zero-order chi connectivity index (χ0) is 16.1. The van der Waals surface area contributed by atoms with Crippen molar-refractivity contribution in [3.63, 3.8) is 0 Å². The first-order valence-corrected chi connectivity index (χ1v) is 8.43. The largest absolute Gasteiger partial charge is 0.351 e. The molecule has 2 saturated heterocycles. The van der Waals surface area contributed by atoms with Crippen LogP contribution in [0.3, 0.4) is 0 Å². The zero-order valence-corrected chi connectivity index (χ0v) is 13.6. The molecule has 2 aliphatic heterocycles. The molecule has 3 amide bonds. The standard InChI is InChI=1S/C16H27N3O3/c1-3-11(4-2)16(22)19-9-7-12(8-10-19)17-15(21)13-5-6-14(20)18-13/h11-13H,3-10H2,1-2H3,(H,17,21)(H,18,20). The van der Waals surface area contributed by atoms with E-state index in [0.717, 1.165) is 25.7 Å². The van der Waals surface area contributed by atoms with Gasteiger partial charge in [-0.15, -0.1) is 0 Å². The maximum atomic E-state index is 12.3. The van der Waals surface area contributed by atoms with E-state index >= 15 is 0 Å². The van der Waals surface area contributed by atoms with Crippen molar-refractivity contribution in [1.29, 1.82) is 0 Å². The van der Waals surface area contributed by atoms with E-state index in [4.69, 9.17) is 0 Å². The highest BCUT2D eigenvalue weighted by molar-refractivity contribution is 5.90. The molecule has 0 aromatic heterocycles. The fourth-order valence-corrected chi connectivity index (χ4v) is 3.25. The van der Waals surface area contributed by atoms with Gasteiger partial charge >= 0.3 is 0 Å². The number of rotatable bonds is 5. The van der Waals surface area contributed by atoms with Crippen LogP contribution in [-0.2, 0) is 14.4 Å². The lowest BCUT2D eigenvalue weighted by atomic mass is 9.98. The van der Waals surface area contributed by atoms with E-state index in [1.54, 1.807) is 0 Å². The summed E-state index contributed by atoms with van der Waals surface area (Å²) in [6.45, 7) is 5.51. The molecule has 2 fully saturated rings. The number of amides is 3. The molecule has 0 aliphatic carbocycles. The van der Waals surface area contributed by atoms with Crippen LogP contribution in [0.25, 0.3) is 0 Å². The van der Waals surface area contributed by atoms with Gasteiger partial charge < -0.3 is 15.5 Å². The van der Waals surface area contributed by atoms with Gasteiger partial charge in [-0.2, -0.15) is 0 Å². The van der Waals surface area contributed by atoms with Crippen molar-refractivity contribution in [3.05, 3.63) is 0 Å². The van der Waals surface area contributed by atoms with Crippen LogP contribution in [0.1, 0.15) is 52.4 Å². The maximum absolute atomic E-state index is 12.3. The Morgan fingerprint density at radius 3 is 2.36 bits per heavy atom. The predicted octanol–water partition coefficient (Wildman–Crippen LogP) is 0.808. The average molecular weight is 309 g/mol. The van der Waals surface area contributed by atoms with Crippen molar-refractivity contribution in [1.82, 2.24) is 15.5 Å². The van der Waals surface area contributed by atoms with E-state index < -0.39 is 0 Å². The van der Waals surface area contributed by atoms with Crippen molar-refractivity contribution in [2.24, 2.45) is 5.92 Å². The van der Waals surface area contributed by atoms with Gasteiger partial charge in [0.15, 0.2) is 0 Å². The second-order valence-electron chi connectivity index (χ2n) is 6.28. The molecule has 1 unspecified atom stereocenters. The van der Waals surface area contributed by atoms with Gasteiger partial charge in [0, 0.05) is 31.5 Å². The van der Waals surface area contributed by atoms with E-state index in [0.29, 0.717) is 25.9 Å². The van der Waals surface area contributed by atoms with Crippen LogP contribution in [0.5, 0.6) is 0 Å². The number of likely N-dealkylation sites (tertiary alicyclic amines) is 1. The smallest absolute Gasteiger partial charge is 0.242 e. The molecule has 0 aromatic rings. The number of carbonyl (C=O) groups excluding carboxylic acids is 3. The number of carbonyl (C=O) groups is 3. The minimum Gasteiger partial charge on any atom is -0.351 e. The number of nitrogens with zero attached hydrogens (tertiary/aromatic N) is 1. The fourth-order valence-electron chi connectivity index (χ4n) is 3.25.